The Balaban J connectivity index is 2.20. The molecule has 0 bridgehead atoms. The lowest BCUT2D eigenvalue weighted by Crippen LogP contribution is -2.40. The first-order valence-electron chi connectivity index (χ1n) is 7.32. The van der Waals surface area contributed by atoms with Crippen molar-refractivity contribution < 1.29 is 9.90 Å². The van der Waals surface area contributed by atoms with Crippen LogP contribution in [0.5, 0.6) is 0 Å². The fourth-order valence-corrected chi connectivity index (χ4v) is 2.41. The molecule has 0 aliphatic rings. The third kappa shape index (κ3) is 3.79. The smallest absolute Gasteiger partial charge is 0.291 e. The molecule has 1 atom stereocenters. The van der Waals surface area contributed by atoms with Crippen molar-refractivity contribution >= 4 is 11.7 Å². The Kier molecular flexibility index (Phi) is 4.46. The molecule has 1 unspecified atom stereocenters. The number of fused-ring (bicyclic) bond motifs is 1. The van der Waals surface area contributed by atoms with Crippen molar-refractivity contribution in [2.75, 3.05) is 6.61 Å². The average Bonchev–Trinajstić information content (AvgIpc) is 2.80. The molecular weight excluding hydrogens is 282 g/mol. The maximum absolute atomic E-state index is 12.3. The molecule has 7 heteroatoms. The van der Waals surface area contributed by atoms with Crippen molar-refractivity contribution in [1.82, 2.24) is 24.9 Å². The van der Waals surface area contributed by atoms with Crippen molar-refractivity contribution in [3.8, 4) is 0 Å². The number of carbonyl (C=O) groups is 1. The first kappa shape index (κ1) is 16.4. The van der Waals surface area contributed by atoms with Crippen molar-refractivity contribution in [2.24, 2.45) is 5.41 Å². The van der Waals surface area contributed by atoms with Gasteiger partial charge in [0.15, 0.2) is 0 Å². The fraction of sp³-hybridized carbons (Fsp3) is 0.600. The maximum atomic E-state index is 12.3. The number of carbonyl (C=O) groups excluding carboxylic acids is 1. The number of amides is 1. The largest absolute Gasteiger partial charge is 0.394 e. The zero-order chi connectivity index (χ0) is 16.5. The molecule has 0 radical (unpaired) electrons. The monoisotopic (exact) mass is 305 g/mol. The summed E-state index contributed by atoms with van der Waals surface area (Å²) in [5.74, 6) is 0.0680. The van der Waals surface area contributed by atoms with Crippen LogP contribution in [-0.4, -0.2) is 43.2 Å². The highest BCUT2D eigenvalue weighted by atomic mass is 16.3. The van der Waals surface area contributed by atoms with Gasteiger partial charge in [-0.2, -0.15) is 4.98 Å². The Morgan fingerprint density at radius 2 is 2.05 bits per heavy atom. The summed E-state index contributed by atoms with van der Waals surface area (Å²) in [4.78, 5) is 20.7. The van der Waals surface area contributed by atoms with Crippen LogP contribution < -0.4 is 5.32 Å². The van der Waals surface area contributed by atoms with Gasteiger partial charge in [-0.15, -0.1) is 5.10 Å². The highest BCUT2D eigenvalue weighted by molar-refractivity contribution is 5.91. The van der Waals surface area contributed by atoms with Gasteiger partial charge in [-0.05, 0) is 31.7 Å². The molecule has 2 rings (SSSR count). The minimum atomic E-state index is -0.397. The topological polar surface area (TPSA) is 92.4 Å². The van der Waals surface area contributed by atoms with E-state index in [0.717, 1.165) is 11.4 Å². The Morgan fingerprint density at radius 1 is 1.36 bits per heavy atom. The minimum absolute atomic E-state index is 0.00226. The molecule has 0 aliphatic heterocycles. The molecule has 7 nitrogen and oxygen atoms in total. The molecule has 2 N–H and O–H groups in total. The van der Waals surface area contributed by atoms with Gasteiger partial charge in [0, 0.05) is 11.4 Å². The molecule has 22 heavy (non-hydrogen) atoms. The summed E-state index contributed by atoms with van der Waals surface area (Å²) in [6.07, 6.45) is 0.666. The molecule has 120 valence electrons. The molecule has 0 saturated carbocycles. The van der Waals surface area contributed by atoms with Crippen LogP contribution in [-0.2, 0) is 0 Å². The van der Waals surface area contributed by atoms with E-state index in [2.05, 4.69) is 41.2 Å². The zero-order valence-corrected chi connectivity index (χ0v) is 13.7. The number of aryl methyl sites for hydroxylation is 2. The highest BCUT2D eigenvalue weighted by Crippen LogP contribution is 2.20. The first-order chi connectivity index (χ1) is 10.2. The van der Waals surface area contributed by atoms with E-state index in [4.69, 9.17) is 0 Å². The van der Waals surface area contributed by atoms with Gasteiger partial charge < -0.3 is 10.4 Å². The number of aliphatic hydroxyl groups is 1. The van der Waals surface area contributed by atoms with Gasteiger partial charge >= 0.3 is 0 Å². The molecule has 0 aliphatic carbocycles. The Labute approximate surface area is 129 Å². The van der Waals surface area contributed by atoms with Crippen LogP contribution in [0.25, 0.3) is 5.78 Å². The van der Waals surface area contributed by atoms with E-state index in [1.54, 1.807) is 4.52 Å². The number of nitrogens with zero attached hydrogens (tertiary/aromatic N) is 4. The number of nitrogens with one attached hydrogen (secondary N) is 1. The van der Waals surface area contributed by atoms with Crippen LogP contribution in [0.2, 0.25) is 0 Å². The maximum Gasteiger partial charge on any atom is 0.291 e. The lowest BCUT2D eigenvalue weighted by Gasteiger charge is -2.24. The van der Waals surface area contributed by atoms with E-state index >= 15 is 0 Å². The van der Waals surface area contributed by atoms with Gasteiger partial charge in [-0.1, -0.05) is 20.8 Å². The lowest BCUT2D eigenvalue weighted by atomic mass is 9.88. The summed E-state index contributed by atoms with van der Waals surface area (Å²) in [5, 5.41) is 16.4. The number of aliphatic hydroxyl groups excluding tert-OH is 1. The normalized spacial score (nSPS) is 13.4. The summed E-state index contributed by atoms with van der Waals surface area (Å²) in [7, 11) is 0. The molecule has 0 fully saturated rings. The summed E-state index contributed by atoms with van der Waals surface area (Å²) in [6.45, 7) is 9.80. The van der Waals surface area contributed by atoms with Crippen molar-refractivity contribution in [3.63, 3.8) is 0 Å². The van der Waals surface area contributed by atoms with Crippen LogP contribution in [0, 0.1) is 19.3 Å². The summed E-state index contributed by atoms with van der Waals surface area (Å²) >= 11 is 0. The fourth-order valence-electron chi connectivity index (χ4n) is 2.41. The van der Waals surface area contributed by atoms with Gasteiger partial charge in [-0.25, -0.2) is 9.50 Å². The standard InChI is InChI=1S/C15H23N5O2/c1-9-6-10(2)20-14(16-9)18-12(19-20)13(22)17-11(8-21)7-15(3,4)5/h6,11,21H,7-8H2,1-5H3,(H,17,22). The van der Waals surface area contributed by atoms with Crippen molar-refractivity contribution in [1.29, 1.82) is 0 Å². The third-order valence-electron chi connectivity index (χ3n) is 3.24. The Bertz CT molecular complexity index is 687. The molecule has 1 amide bonds. The summed E-state index contributed by atoms with van der Waals surface area (Å²) in [5.41, 5.74) is 1.69. The number of aromatic nitrogens is 4. The van der Waals surface area contributed by atoms with E-state index in [0.29, 0.717) is 12.2 Å². The van der Waals surface area contributed by atoms with Crippen LogP contribution in [0.4, 0.5) is 0 Å². The predicted molar refractivity (Wildman–Crippen MR) is 82.7 cm³/mol. The van der Waals surface area contributed by atoms with Gasteiger partial charge in [0.2, 0.25) is 5.82 Å². The van der Waals surface area contributed by atoms with Crippen molar-refractivity contribution in [2.45, 2.75) is 47.1 Å². The summed E-state index contributed by atoms with van der Waals surface area (Å²) in [6, 6.07) is 1.55. The quantitative estimate of drug-likeness (QED) is 0.887. The SMILES string of the molecule is Cc1cc(C)n2nc(C(=O)NC(CO)CC(C)(C)C)nc2n1. The number of rotatable bonds is 4. The highest BCUT2D eigenvalue weighted by Gasteiger charge is 2.22. The third-order valence-corrected chi connectivity index (χ3v) is 3.24. The number of hydrogen-bond acceptors (Lipinski definition) is 5. The molecule has 0 saturated heterocycles. The van der Waals surface area contributed by atoms with Crippen LogP contribution in [0.15, 0.2) is 6.07 Å². The van der Waals surface area contributed by atoms with E-state index in [1.165, 1.54) is 0 Å². The van der Waals surface area contributed by atoms with Crippen LogP contribution in [0.1, 0.15) is 49.2 Å². The first-order valence-corrected chi connectivity index (χ1v) is 7.32. The van der Waals surface area contributed by atoms with Gasteiger partial charge in [-0.3, -0.25) is 4.79 Å². The average molecular weight is 305 g/mol. The molecule has 0 aromatic carbocycles. The zero-order valence-electron chi connectivity index (χ0n) is 13.7. The predicted octanol–water partition coefficient (Wildman–Crippen LogP) is 1.27. The van der Waals surface area contributed by atoms with E-state index in [9.17, 15) is 9.90 Å². The molecular formula is C15H23N5O2. The van der Waals surface area contributed by atoms with Crippen LogP contribution >= 0.6 is 0 Å². The number of hydrogen-bond donors (Lipinski definition) is 2. The molecule has 2 aromatic heterocycles. The lowest BCUT2D eigenvalue weighted by molar-refractivity contribution is 0.0887. The summed E-state index contributed by atoms with van der Waals surface area (Å²) < 4.78 is 1.54. The molecule has 2 heterocycles. The van der Waals surface area contributed by atoms with E-state index in [1.807, 2.05) is 19.9 Å². The van der Waals surface area contributed by atoms with Crippen LogP contribution in [0.3, 0.4) is 0 Å². The molecule has 0 spiro atoms. The Hall–Kier alpha value is -2.02. The van der Waals surface area contributed by atoms with E-state index in [-0.39, 0.29) is 23.9 Å². The van der Waals surface area contributed by atoms with Gasteiger partial charge in [0.1, 0.15) is 0 Å². The minimum Gasteiger partial charge on any atom is -0.394 e. The molecule has 2 aromatic rings. The van der Waals surface area contributed by atoms with E-state index < -0.39 is 5.91 Å². The Morgan fingerprint density at radius 3 is 2.64 bits per heavy atom. The second-order valence-electron chi connectivity index (χ2n) is 6.80. The van der Waals surface area contributed by atoms with Crippen molar-refractivity contribution in [3.05, 3.63) is 23.3 Å². The van der Waals surface area contributed by atoms with Gasteiger partial charge in [0.25, 0.3) is 11.7 Å². The second-order valence-corrected chi connectivity index (χ2v) is 6.80. The second kappa shape index (κ2) is 6.00. The van der Waals surface area contributed by atoms with Gasteiger partial charge in [0.05, 0.1) is 12.6 Å².